The third-order valence-electron chi connectivity index (χ3n) is 3.62. The highest BCUT2D eigenvalue weighted by Crippen LogP contribution is 2.29. The standard InChI is InChI=1S/C17H14F3N5O4/c1-9-5-11(14-24-15(29-25-14)17(18,19)20)21-7-12(9)23-16(26)28-8-10-3-4-13(27-2)22-6-10/h3-7H,8H2,1-2H3,(H,23,26). The summed E-state index contributed by atoms with van der Waals surface area (Å²) in [5, 5.41) is 5.76. The molecular weight excluding hydrogens is 395 g/mol. The average molecular weight is 409 g/mol. The minimum absolute atomic E-state index is 0.0174. The highest BCUT2D eigenvalue weighted by Gasteiger charge is 2.38. The van der Waals surface area contributed by atoms with Crippen molar-refractivity contribution in [3.63, 3.8) is 0 Å². The maximum atomic E-state index is 12.5. The molecule has 0 saturated heterocycles. The van der Waals surface area contributed by atoms with Gasteiger partial charge in [-0.25, -0.2) is 9.78 Å². The number of anilines is 1. The molecule has 3 aromatic heterocycles. The van der Waals surface area contributed by atoms with Crippen molar-refractivity contribution < 1.29 is 32.0 Å². The van der Waals surface area contributed by atoms with Crippen LogP contribution < -0.4 is 10.1 Å². The molecule has 0 unspecified atom stereocenters. The quantitative estimate of drug-likeness (QED) is 0.680. The largest absolute Gasteiger partial charge is 0.481 e. The van der Waals surface area contributed by atoms with E-state index in [0.717, 1.165) is 0 Å². The maximum Gasteiger partial charge on any atom is 0.471 e. The molecule has 3 aromatic rings. The van der Waals surface area contributed by atoms with Crippen LogP contribution in [0.2, 0.25) is 0 Å². The van der Waals surface area contributed by atoms with Crippen molar-refractivity contribution in [2.24, 2.45) is 0 Å². The van der Waals surface area contributed by atoms with E-state index in [4.69, 9.17) is 9.47 Å². The van der Waals surface area contributed by atoms with Crippen LogP contribution in [-0.2, 0) is 17.5 Å². The van der Waals surface area contributed by atoms with Gasteiger partial charge in [0.05, 0.1) is 19.0 Å². The van der Waals surface area contributed by atoms with Crippen LogP contribution in [0.3, 0.4) is 0 Å². The molecule has 0 radical (unpaired) electrons. The predicted octanol–water partition coefficient (Wildman–Crippen LogP) is 3.61. The highest BCUT2D eigenvalue weighted by molar-refractivity contribution is 5.85. The first-order valence-electron chi connectivity index (χ1n) is 8.07. The summed E-state index contributed by atoms with van der Waals surface area (Å²) in [6.07, 6.45) is -2.72. The first kappa shape index (κ1) is 20.0. The molecule has 9 nitrogen and oxygen atoms in total. The van der Waals surface area contributed by atoms with Gasteiger partial charge in [-0.2, -0.15) is 18.2 Å². The average Bonchev–Trinajstić information content (AvgIpc) is 3.19. The zero-order valence-electron chi connectivity index (χ0n) is 15.1. The Morgan fingerprint density at radius 1 is 1.24 bits per heavy atom. The molecule has 3 heterocycles. The van der Waals surface area contributed by atoms with Crippen molar-refractivity contribution in [1.82, 2.24) is 20.1 Å². The van der Waals surface area contributed by atoms with Crippen molar-refractivity contribution in [3.05, 3.63) is 47.6 Å². The van der Waals surface area contributed by atoms with E-state index in [1.165, 1.54) is 25.6 Å². The second-order valence-corrected chi connectivity index (χ2v) is 5.72. The number of rotatable bonds is 5. The lowest BCUT2D eigenvalue weighted by molar-refractivity contribution is -0.159. The highest BCUT2D eigenvalue weighted by atomic mass is 19.4. The zero-order chi connectivity index (χ0) is 21.0. The Labute approximate surface area is 161 Å². The topological polar surface area (TPSA) is 112 Å². The summed E-state index contributed by atoms with van der Waals surface area (Å²) in [5.74, 6) is -1.35. The van der Waals surface area contributed by atoms with E-state index in [1.807, 2.05) is 0 Å². The first-order chi connectivity index (χ1) is 13.8. The van der Waals surface area contributed by atoms with Crippen LogP contribution >= 0.6 is 0 Å². The number of amides is 1. The van der Waals surface area contributed by atoms with Crippen LogP contribution in [0.5, 0.6) is 5.88 Å². The van der Waals surface area contributed by atoms with E-state index >= 15 is 0 Å². The molecule has 0 spiro atoms. The zero-order valence-corrected chi connectivity index (χ0v) is 15.1. The number of carbonyl (C=O) groups excluding carboxylic acids is 1. The molecule has 0 aliphatic heterocycles. The van der Waals surface area contributed by atoms with Crippen molar-refractivity contribution in [3.8, 4) is 17.4 Å². The van der Waals surface area contributed by atoms with Gasteiger partial charge in [-0.1, -0.05) is 5.16 Å². The third-order valence-corrected chi connectivity index (χ3v) is 3.62. The summed E-state index contributed by atoms with van der Waals surface area (Å²) >= 11 is 0. The molecule has 0 aliphatic rings. The van der Waals surface area contributed by atoms with Crippen LogP contribution in [-0.4, -0.2) is 33.3 Å². The molecule has 29 heavy (non-hydrogen) atoms. The Kier molecular flexibility index (Phi) is 5.61. The van der Waals surface area contributed by atoms with Gasteiger partial charge in [0.15, 0.2) is 0 Å². The van der Waals surface area contributed by atoms with Crippen molar-refractivity contribution in [2.75, 3.05) is 12.4 Å². The Morgan fingerprint density at radius 2 is 2.03 bits per heavy atom. The van der Waals surface area contributed by atoms with Gasteiger partial charge in [0.2, 0.25) is 11.7 Å². The number of hydrogen-bond donors (Lipinski definition) is 1. The number of methoxy groups -OCH3 is 1. The summed E-state index contributed by atoms with van der Waals surface area (Å²) in [6, 6.07) is 4.74. The van der Waals surface area contributed by atoms with Gasteiger partial charge in [0.25, 0.3) is 0 Å². The number of alkyl halides is 3. The minimum Gasteiger partial charge on any atom is -0.481 e. The molecule has 12 heteroatoms. The van der Waals surface area contributed by atoms with Crippen molar-refractivity contribution >= 4 is 11.8 Å². The number of nitrogens with one attached hydrogen (secondary N) is 1. The monoisotopic (exact) mass is 409 g/mol. The van der Waals surface area contributed by atoms with Crippen LogP contribution in [0.25, 0.3) is 11.5 Å². The number of aromatic nitrogens is 4. The SMILES string of the molecule is COc1ccc(COC(=O)Nc2cnc(-c3noc(C(F)(F)F)n3)cc2C)cn1. The Morgan fingerprint density at radius 3 is 2.62 bits per heavy atom. The van der Waals surface area contributed by atoms with E-state index in [1.54, 1.807) is 19.1 Å². The van der Waals surface area contributed by atoms with Gasteiger partial charge >= 0.3 is 18.2 Å². The maximum absolute atomic E-state index is 12.5. The summed E-state index contributed by atoms with van der Waals surface area (Å²) in [7, 11) is 1.49. The molecule has 1 N–H and O–H groups in total. The Bertz CT molecular complexity index is 1010. The molecule has 0 atom stereocenters. The fourth-order valence-corrected chi connectivity index (χ4v) is 2.16. The van der Waals surface area contributed by atoms with Gasteiger partial charge < -0.3 is 14.0 Å². The van der Waals surface area contributed by atoms with E-state index in [2.05, 4.69) is 29.9 Å². The fourth-order valence-electron chi connectivity index (χ4n) is 2.16. The van der Waals surface area contributed by atoms with E-state index in [0.29, 0.717) is 22.7 Å². The number of halogens is 3. The number of carbonyl (C=O) groups is 1. The normalized spacial score (nSPS) is 11.2. The van der Waals surface area contributed by atoms with Crippen molar-refractivity contribution in [2.45, 2.75) is 19.7 Å². The second kappa shape index (κ2) is 8.12. The molecule has 0 aliphatic carbocycles. The van der Waals surface area contributed by atoms with Crippen LogP contribution in [0.4, 0.5) is 23.7 Å². The third kappa shape index (κ3) is 4.97. The summed E-state index contributed by atoms with van der Waals surface area (Å²) in [5.41, 5.74) is 1.54. The van der Waals surface area contributed by atoms with Gasteiger partial charge in [-0.15, -0.1) is 0 Å². The lowest BCUT2D eigenvalue weighted by Gasteiger charge is -2.09. The van der Waals surface area contributed by atoms with Gasteiger partial charge in [-0.05, 0) is 24.6 Å². The van der Waals surface area contributed by atoms with E-state index < -0.39 is 18.2 Å². The molecule has 0 aromatic carbocycles. The molecule has 0 saturated carbocycles. The van der Waals surface area contributed by atoms with Gasteiger partial charge in [0.1, 0.15) is 12.3 Å². The molecule has 0 bridgehead atoms. The second-order valence-electron chi connectivity index (χ2n) is 5.72. The molecule has 152 valence electrons. The lowest BCUT2D eigenvalue weighted by Crippen LogP contribution is -2.14. The van der Waals surface area contributed by atoms with E-state index in [-0.39, 0.29) is 18.1 Å². The number of pyridine rings is 2. The van der Waals surface area contributed by atoms with Gasteiger partial charge in [0, 0.05) is 17.8 Å². The summed E-state index contributed by atoms with van der Waals surface area (Å²) in [4.78, 5) is 23.2. The molecule has 0 fully saturated rings. The Hall–Kier alpha value is -3.70. The van der Waals surface area contributed by atoms with Crippen LogP contribution in [0.15, 0.2) is 35.1 Å². The van der Waals surface area contributed by atoms with Crippen molar-refractivity contribution in [1.29, 1.82) is 0 Å². The molecule has 3 rings (SSSR count). The predicted molar refractivity (Wildman–Crippen MR) is 91.9 cm³/mol. The van der Waals surface area contributed by atoms with Crippen LogP contribution in [0, 0.1) is 6.92 Å². The first-order valence-corrected chi connectivity index (χ1v) is 8.07. The summed E-state index contributed by atoms with van der Waals surface area (Å²) < 4.78 is 51.9. The van der Waals surface area contributed by atoms with Gasteiger partial charge in [-0.3, -0.25) is 10.3 Å². The number of aryl methyl sites for hydroxylation is 1. The number of nitrogens with zero attached hydrogens (tertiary/aromatic N) is 4. The summed E-state index contributed by atoms with van der Waals surface area (Å²) in [6.45, 7) is 1.61. The number of hydrogen-bond acceptors (Lipinski definition) is 8. The molecule has 1 amide bonds. The smallest absolute Gasteiger partial charge is 0.471 e. The minimum atomic E-state index is -4.75. The lowest BCUT2D eigenvalue weighted by atomic mass is 10.2. The van der Waals surface area contributed by atoms with E-state index in [9.17, 15) is 18.0 Å². The fraction of sp³-hybridized carbons (Fsp3) is 0.235. The van der Waals surface area contributed by atoms with Crippen LogP contribution in [0.1, 0.15) is 17.0 Å². The molecular formula is C17H14F3N5O4. The number of ether oxygens (including phenoxy) is 2. The Balaban J connectivity index is 1.62.